The van der Waals surface area contributed by atoms with Gasteiger partial charge in [0.15, 0.2) is 11.6 Å². The van der Waals surface area contributed by atoms with Gasteiger partial charge in [-0.15, -0.1) is 10.2 Å². The zero-order valence-electron chi connectivity index (χ0n) is 12.9. The first-order valence-electron chi connectivity index (χ1n) is 7.31. The van der Waals surface area contributed by atoms with Gasteiger partial charge >= 0.3 is 0 Å². The predicted octanol–water partition coefficient (Wildman–Crippen LogP) is 3.08. The minimum atomic E-state index is -0.210. The van der Waals surface area contributed by atoms with Crippen LogP contribution in [0.15, 0.2) is 18.2 Å². The highest BCUT2D eigenvalue weighted by Crippen LogP contribution is 2.35. The Morgan fingerprint density at radius 1 is 1.29 bits per heavy atom. The van der Waals surface area contributed by atoms with Crippen molar-refractivity contribution in [2.24, 2.45) is 5.41 Å². The molecule has 112 valence electrons. The van der Waals surface area contributed by atoms with E-state index in [4.69, 9.17) is 0 Å². The van der Waals surface area contributed by atoms with Crippen LogP contribution in [0.4, 0.5) is 4.39 Å². The van der Waals surface area contributed by atoms with Crippen LogP contribution in [0.25, 0.3) is 11.4 Å². The molecule has 0 saturated carbocycles. The first-order chi connectivity index (χ1) is 9.89. The average Bonchev–Trinajstić information content (AvgIpc) is 2.84. The summed E-state index contributed by atoms with van der Waals surface area (Å²) in [5, 5.41) is 12.1. The second-order valence-electron chi connectivity index (χ2n) is 6.72. The fraction of sp³-hybridized carbons (Fsp3) is 0.500. The molecule has 0 bridgehead atoms. The Morgan fingerprint density at radius 3 is 2.76 bits per heavy atom. The fourth-order valence-electron chi connectivity index (χ4n) is 2.87. The molecule has 2 aromatic rings. The number of nitrogens with zero attached hydrogens (tertiary/aromatic N) is 3. The van der Waals surface area contributed by atoms with Crippen LogP contribution in [0.3, 0.4) is 0 Å². The van der Waals surface area contributed by atoms with Crippen LogP contribution >= 0.6 is 0 Å². The molecule has 2 heterocycles. The van der Waals surface area contributed by atoms with E-state index < -0.39 is 0 Å². The van der Waals surface area contributed by atoms with E-state index in [1.807, 2.05) is 10.6 Å². The molecule has 0 spiro atoms. The molecule has 21 heavy (non-hydrogen) atoms. The Labute approximate surface area is 124 Å². The van der Waals surface area contributed by atoms with Gasteiger partial charge in [0.05, 0.1) is 11.6 Å². The molecule has 1 aliphatic heterocycles. The molecule has 0 saturated heterocycles. The molecule has 4 nitrogen and oxygen atoms in total. The van der Waals surface area contributed by atoms with Crippen LogP contribution in [0.5, 0.6) is 0 Å². The summed E-state index contributed by atoms with van der Waals surface area (Å²) in [6.07, 6.45) is 0. The summed E-state index contributed by atoms with van der Waals surface area (Å²) in [5.74, 6) is 1.31. The van der Waals surface area contributed by atoms with Gasteiger partial charge in [0.25, 0.3) is 0 Å². The van der Waals surface area contributed by atoms with Crippen molar-refractivity contribution < 1.29 is 4.39 Å². The molecule has 0 aliphatic carbocycles. The highest BCUT2D eigenvalue weighted by atomic mass is 19.1. The molecule has 0 amide bonds. The smallest absolute Gasteiger partial charge is 0.167 e. The Morgan fingerprint density at radius 2 is 2.05 bits per heavy atom. The van der Waals surface area contributed by atoms with E-state index in [2.05, 4.69) is 36.3 Å². The molecule has 0 fully saturated rings. The minimum Gasteiger partial charge on any atom is -0.308 e. The topological polar surface area (TPSA) is 42.7 Å². The van der Waals surface area contributed by atoms with E-state index in [1.54, 1.807) is 19.1 Å². The van der Waals surface area contributed by atoms with E-state index in [-0.39, 0.29) is 17.3 Å². The van der Waals surface area contributed by atoms with Gasteiger partial charge in [0.2, 0.25) is 0 Å². The second kappa shape index (κ2) is 4.91. The molecule has 1 aromatic heterocycles. The summed E-state index contributed by atoms with van der Waals surface area (Å²) in [6, 6.07) is 5.53. The van der Waals surface area contributed by atoms with Gasteiger partial charge in [0, 0.05) is 13.1 Å². The number of halogens is 1. The highest BCUT2D eigenvalue weighted by Gasteiger charge is 2.34. The van der Waals surface area contributed by atoms with Crippen LogP contribution in [-0.2, 0) is 6.54 Å². The zero-order chi connectivity index (χ0) is 15.2. The van der Waals surface area contributed by atoms with Crippen molar-refractivity contribution in [2.75, 3.05) is 6.54 Å². The maximum atomic E-state index is 14.4. The fourth-order valence-corrected chi connectivity index (χ4v) is 2.87. The van der Waals surface area contributed by atoms with E-state index in [0.29, 0.717) is 17.0 Å². The number of nitrogens with one attached hydrogen (secondary N) is 1. The summed E-state index contributed by atoms with van der Waals surface area (Å²) in [4.78, 5) is 0. The zero-order valence-corrected chi connectivity index (χ0v) is 12.9. The third kappa shape index (κ3) is 2.35. The van der Waals surface area contributed by atoms with Gasteiger partial charge in [-0.1, -0.05) is 32.9 Å². The molecule has 1 unspecified atom stereocenters. The molecule has 1 atom stereocenters. The number of hydrogen-bond donors (Lipinski definition) is 1. The summed E-state index contributed by atoms with van der Waals surface area (Å²) in [6.45, 7) is 9.88. The molecular weight excluding hydrogens is 267 g/mol. The number of aromatic nitrogens is 3. The molecule has 0 radical (unpaired) electrons. The SMILES string of the molecule is Cc1cccc(-c2nnc3n2CCNC3C(C)(C)C)c1F. The number of fused-ring (bicyclic) bond motifs is 1. The first kappa shape index (κ1) is 14.2. The Kier molecular flexibility index (Phi) is 3.32. The third-order valence-electron chi connectivity index (χ3n) is 4.02. The monoisotopic (exact) mass is 288 g/mol. The predicted molar refractivity (Wildman–Crippen MR) is 80.4 cm³/mol. The molecule has 3 rings (SSSR count). The number of benzene rings is 1. The average molecular weight is 288 g/mol. The number of hydrogen-bond acceptors (Lipinski definition) is 3. The van der Waals surface area contributed by atoms with Gasteiger partial charge in [-0.05, 0) is 24.0 Å². The van der Waals surface area contributed by atoms with Crippen LogP contribution in [0.2, 0.25) is 0 Å². The van der Waals surface area contributed by atoms with Crippen molar-refractivity contribution in [1.82, 2.24) is 20.1 Å². The lowest BCUT2D eigenvalue weighted by Crippen LogP contribution is -2.40. The van der Waals surface area contributed by atoms with Crippen molar-refractivity contribution in [3.05, 3.63) is 35.4 Å². The lowest BCUT2D eigenvalue weighted by atomic mass is 9.85. The summed E-state index contributed by atoms with van der Waals surface area (Å²) >= 11 is 0. The number of aryl methyl sites for hydroxylation is 1. The van der Waals surface area contributed by atoms with Crippen molar-refractivity contribution in [2.45, 2.75) is 40.3 Å². The van der Waals surface area contributed by atoms with Crippen molar-refractivity contribution in [1.29, 1.82) is 0 Å². The summed E-state index contributed by atoms with van der Waals surface area (Å²) in [7, 11) is 0. The molecule has 5 heteroatoms. The van der Waals surface area contributed by atoms with Crippen molar-refractivity contribution >= 4 is 0 Å². The largest absolute Gasteiger partial charge is 0.308 e. The van der Waals surface area contributed by atoms with Crippen molar-refractivity contribution in [3.8, 4) is 11.4 Å². The highest BCUT2D eigenvalue weighted by molar-refractivity contribution is 5.58. The van der Waals surface area contributed by atoms with Crippen LogP contribution < -0.4 is 5.32 Å². The minimum absolute atomic E-state index is 0.0353. The summed E-state index contributed by atoms with van der Waals surface area (Å²) < 4.78 is 16.4. The van der Waals surface area contributed by atoms with Gasteiger partial charge in [0.1, 0.15) is 5.82 Å². The normalized spacial score (nSPS) is 18.6. The standard InChI is InChI=1S/C16H21FN4/c1-10-6-5-7-11(12(10)17)14-19-20-15-13(16(2,3)4)18-8-9-21(14)15/h5-7,13,18H,8-9H2,1-4H3. The maximum absolute atomic E-state index is 14.4. The van der Waals surface area contributed by atoms with Crippen LogP contribution in [0, 0.1) is 18.2 Å². The molecule has 1 aromatic carbocycles. The molecule has 1 N–H and O–H groups in total. The van der Waals surface area contributed by atoms with Crippen molar-refractivity contribution in [3.63, 3.8) is 0 Å². The lowest BCUT2D eigenvalue weighted by Gasteiger charge is -2.34. The van der Waals surface area contributed by atoms with E-state index in [0.717, 1.165) is 18.9 Å². The Bertz CT molecular complexity index is 669. The first-order valence-corrected chi connectivity index (χ1v) is 7.31. The Hall–Kier alpha value is -1.75. The number of rotatable bonds is 1. The van der Waals surface area contributed by atoms with Crippen LogP contribution in [0.1, 0.15) is 38.2 Å². The van der Waals surface area contributed by atoms with Crippen LogP contribution in [-0.4, -0.2) is 21.3 Å². The lowest BCUT2D eigenvalue weighted by molar-refractivity contribution is 0.234. The quantitative estimate of drug-likeness (QED) is 0.877. The molecular formula is C16H21FN4. The third-order valence-corrected chi connectivity index (χ3v) is 4.02. The van der Waals surface area contributed by atoms with Gasteiger partial charge in [-0.2, -0.15) is 0 Å². The Balaban J connectivity index is 2.12. The second-order valence-corrected chi connectivity index (χ2v) is 6.72. The van der Waals surface area contributed by atoms with Gasteiger partial charge < -0.3 is 9.88 Å². The van der Waals surface area contributed by atoms with E-state index in [9.17, 15) is 4.39 Å². The molecule has 1 aliphatic rings. The summed E-state index contributed by atoms with van der Waals surface area (Å²) in [5.41, 5.74) is 1.20. The van der Waals surface area contributed by atoms with E-state index >= 15 is 0 Å². The maximum Gasteiger partial charge on any atom is 0.167 e. The van der Waals surface area contributed by atoms with E-state index in [1.165, 1.54) is 0 Å². The van der Waals surface area contributed by atoms with Gasteiger partial charge in [-0.3, -0.25) is 0 Å². The van der Waals surface area contributed by atoms with Gasteiger partial charge in [-0.25, -0.2) is 4.39 Å².